The quantitative estimate of drug-likeness (QED) is 0.551. The molecule has 6 nitrogen and oxygen atoms in total. The van der Waals surface area contributed by atoms with Crippen molar-refractivity contribution in [2.75, 3.05) is 6.54 Å². The second-order valence-corrected chi connectivity index (χ2v) is 8.93. The number of halogens is 3. The number of ether oxygens (including phenoxy) is 1. The van der Waals surface area contributed by atoms with Gasteiger partial charge in [-0.3, -0.25) is 0 Å². The molecule has 1 atom stereocenters. The summed E-state index contributed by atoms with van der Waals surface area (Å²) in [5, 5.41) is 0. The van der Waals surface area contributed by atoms with Gasteiger partial charge in [0.2, 0.25) is 0 Å². The predicted molar refractivity (Wildman–Crippen MR) is 91.9 cm³/mol. The summed E-state index contributed by atoms with van der Waals surface area (Å²) in [5.41, 5.74) is -4.71. The smallest absolute Gasteiger partial charge is 0.444 e. The van der Waals surface area contributed by atoms with Crippen LogP contribution in [0, 0.1) is 0 Å². The van der Waals surface area contributed by atoms with E-state index in [0.717, 1.165) is 5.56 Å². The van der Waals surface area contributed by atoms with Gasteiger partial charge in [0.1, 0.15) is 11.4 Å². The van der Waals surface area contributed by atoms with Gasteiger partial charge >= 0.3 is 21.7 Å². The average Bonchev–Trinajstić information content (AvgIpc) is 2.62. The van der Waals surface area contributed by atoms with Gasteiger partial charge < -0.3 is 13.8 Å². The van der Waals surface area contributed by atoms with E-state index in [0.29, 0.717) is 24.9 Å². The minimum atomic E-state index is -5.73. The van der Waals surface area contributed by atoms with Gasteiger partial charge in [-0.25, -0.2) is 4.79 Å². The molecular formula is C17H22F3NO5S. The Kier molecular flexibility index (Phi) is 5.70. The largest absolute Gasteiger partial charge is 0.534 e. The highest BCUT2D eigenvalue weighted by Crippen LogP contribution is 2.30. The number of fused-ring (bicyclic) bond motifs is 1. The minimum Gasteiger partial charge on any atom is -0.444 e. The highest BCUT2D eigenvalue weighted by atomic mass is 32.2. The number of carbonyl (C=O) groups excluding carboxylic acids is 1. The van der Waals surface area contributed by atoms with Crippen LogP contribution in [0.5, 0.6) is 5.75 Å². The maximum Gasteiger partial charge on any atom is 0.534 e. The molecule has 1 heterocycles. The van der Waals surface area contributed by atoms with E-state index in [1.807, 2.05) is 6.92 Å². The first-order valence-electron chi connectivity index (χ1n) is 8.32. The molecule has 0 spiro atoms. The van der Waals surface area contributed by atoms with Crippen molar-refractivity contribution in [3.05, 3.63) is 29.3 Å². The zero-order chi connectivity index (χ0) is 20.6. The van der Waals surface area contributed by atoms with E-state index in [1.165, 1.54) is 18.2 Å². The molecule has 27 heavy (non-hydrogen) atoms. The van der Waals surface area contributed by atoms with Gasteiger partial charge in [0.15, 0.2) is 0 Å². The third kappa shape index (κ3) is 5.27. The molecule has 0 bridgehead atoms. The SMILES string of the molecule is CC1Cc2ccc(OS(=O)(=O)C(F)(F)F)cc2CCN1C(=O)OC(C)(C)C. The van der Waals surface area contributed by atoms with Crippen molar-refractivity contribution in [1.29, 1.82) is 0 Å². The van der Waals surface area contributed by atoms with Gasteiger partial charge in [-0.2, -0.15) is 21.6 Å². The molecule has 1 aliphatic rings. The van der Waals surface area contributed by atoms with Crippen molar-refractivity contribution in [3.63, 3.8) is 0 Å². The Bertz CT molecular complexity index is 815. The lowest BCUT2D eigenvalue weighted by atomic mass is 10.0. The molecule has 0 saturated carbocycles. The van der Waals surface area contributed by atoms with Crippen LogP contribution in [-0.4, -0.2) is 43.1 Å². The van der Waals surface area contributed by atoms with E-state index < -0.39 is 33.1 Å². The van der Waals surface area contributed by atoms with Gasteiger partial charge in [-0.15, -0.1) is 0 Å². The first-order chi connectivity index (χ1) is 12.2. The third-order valence-electron chi connectivity index (χ3n) is 3.96. The highest BCUT2D eigenvalue weighted by molar-refractivity contribution is 7.88. The van der Waals surface area contributed by atoms with Crippen molar-refractivity contribution >= 4 is 16.2 Å². The minimum absolute atomic E-state index is 0.188. The fraction of sp³-hybridized carbons (Fsp3) is 0.588. The van der Waals surface area contributed by atoms with E-state index in [-0.39, 0.29) is 6.04 Å². The number of hydrogen-bond donors (Lipinski definition) is 0. The summed E-state index contributed by atoms with van der Waals surface area (Å²) in [6, 6.07) is 3.78. The molecule has 0 radical (unpaired) electrons. The normalized spacial score (nSPS) is 18.5. The Hall–Kier alpha value is -1.97. The summed E-state index contributed by atoms with van der Waals surface area (Å²) in [7, 11) is -5.73. The van der Waals surface area contributed by atoms with Crippen molar-refractivity contribution in [2.24, 2.45) is 0 Å². The Labute approximate surface area is 156 Å². The molecule has 0 N–H and O–H groups in total. The average molecular weight is 409 g/mol. The van der Waals surface area contributed by atoms with Gasteiger partial charge in [-0.1, -0.05) is 6.07 Å². The summed E-state index contributed by atoms with van der Waals surface area (Å²) in [6.45, 7) is 7.41. The predicted octanol–water partition coefficient (Wildman–Crippen LogP) is 3.64. The third-order valence-corrected chi connectivity index (χ3v) is 4.94. The summed E-state index contributed by atoms with van der Waals surface area (Å²) in [5.74, 6) is -0.413. The number of carbonyl (C=O) groups is 1. The van der Waals surface area contributed by atoms with Crippen LogP contribution in [0.25, 0.3) is 0 Å². The summed E-state index contributed by atoms with van der Waals surface area (Å²) >= 11 is 0. The topological polar surface area (TPSA) is 72.9 Å². The first-order valence-corrected chi connectivity index (χ1v) is 9.72. The second-order valence-electron chi connectivity index (χ2n) is 7.39. The Balaban J connectivity index is 2.20. The molecule has 0 fully saturated rings. The molecule has 0 saturated heterocycles. The lowest BCUT2D eigenvalue weighted by molar-refractivity contribution is -0.0500. The molecule has 0 aromatic heterocycles. The monoisotopic (exact) mass is 409 g/mol. The Morgan fingerprint density at radius 3 is 2.37 bits per heavy atom. The van der Waals surface area contributed by atoms with Crippen molar-refractivity contribution in [3.8, 4) is 5.75 Å². The van der Waals surface area contributed by atoms with Crippen LogP contribution in [0.4, 0.5) is 18.0 Å². The van der Waals surface area contributed by atoms with E-state index in [9.17, 15) is 26.4 Å². The maximum absolute atomic E-state index is 12.5. The molecule has 1 aliphatic heterocycles. The Morgan fingerprint density at radius 2 is 1.81 bits per heavy atom. The molecule has 0 aliphatic carbocycles. The van der Waals surface area contributed by atoms with Gasteiger partial charge in [0.05, 0.1) is 0 Å². The molecule has 1 aromatic rings. The maximum atomic E-state index is 12.5. The summed E-state index contributed by atoms with van der Waals surface area (Å²) < 4.78 is 69.3. The Morgan fingerprint density at radius 1 is 1.19 bits per heavy atom. The van der Waals surface area contributed by atoms with E-state index in [2.05, 4.69) is 4.18 Å². The molecule has 1 amide bonds. The highest BCUT2D eigenvalue weighted by Gasteiger charge is 2.48. The van der Waals surface area contributed by atoms with Crippen LogP contribution in [0.3, 0.4) is 0 Å². The van der Waals surface area contributed by atoms with Crippen molar-refractivity contribution in [1.82, 2.24) is 4.90 Å². The lowest BCUT2D eigenvalue weighted by Gasteiger charge is -2.30. The lowest BCUT2D eigenvalue weighted by Crippen LogP contribution is -2.43. The molecule has 10 heteroatoms. The summed E-state index contributed by atoms with van der Waals surface area (Å²) in [4.78, 5) is 13.9. The van der Waals surface area contributed by atoms with Crippen LogP contribution in [0.1, 0.15) is 38.8 Å². The molecular weight excluding hydrogens is 387 g/mol. The number of rotatable bonds is 2. The van der Waals surface area contributed by atoms with Gasteiger partial charge in [0, 0.05) is 12.6 Å². The number of nitrogens with zero attached hydrogens (tertiary/aromatic N) is 1. The standard InChI is InChI=1S/C17H22F3NO5S/c1-11-9-12-5-6-14(26-27(23,24)17(18,19)20)10-13(12)7-8-21(11)15(22)25-16(2,3)4/h5-6,10-11H,7-9H2,1-4H3. The van der Waals surface area contributed by atoms with Gasteiger partial charge in [-0.05, 0) is 63.8 Å². The zero-order valence-corrected chi connectivity index (χ0v) is 16.3. The number of hydrogen-bond acceptors (Lipinski definition) is 5. The van der Waals surface area contributed by atoms with Gasteiger partial charge in [0.25, 0.3) is 0 Å². The fourth-order valence-electron chi connectivity index (χ4n) is 2.74. The number of alkyl halides is 3. The van der Waals surface area contributed by atoms with Crippen LogP contribution in [-0.2, 0) is 27.7 Å². The fourth-order valence-corrected chi connectivity index (χ4v) is 3.19. The number of benzene rings is 1. The molecule has 152 valence electrons. The second kappa shape index (κ2) is 7.21. The number of amides is 1. The molecule has 2 rings (SSSR count). The summed E-state index contributed by atoms with van der Waals surface area (Å²) in [6.07, 6.45) is 0.321. The van der Waals surface area contributed by atoms with E-state index >= 15 is 0 Å². The van der Waals surface area contributed by atoms with Crippen LogP contribution in [0.2, 0.25) is 0 Å². The zero-order valence-electron chi connectivity index (χ0n) is 15.5. The van der Waals surface area contributed by atoms with Crippen molar-refractivity contribution < 1.29 is 35.3 Å². The van der Waals surface area contributed by atoms with Crippen LogP contribution >= 0.6 is 0 Å². The van der Waals surface area contributed by atoms with E-state index in [1.54, 1.807) is 25.7 Å². The molecule has 1 aromatic carbocycles. The van der Waals surface area contributed by atoms with Crippen LogP contribution < -0.4 is 4.18 Å². The van der Waals surface area contributed by atoms with Crippen molar-refractivity contribution in [2.45, 2.75) is 57.7 Å². The van der Waals surface area contributed by atoms with E-state index in [4.69, 9.17) is 4.74 Å². The molecule has 1 unspecified atom stereocenters. The first kappa shape index (κ1) is 21.3. The van der Waals surface area contributed by atoms with Crippen LogP contribution in [0.15, 0.2) is 18.2 Å².